The summed E-state index contributed by atoms with van der Waals surface area (Å²) in [6.07, 6.45) is 0.290. The van der Waals surface area contributed by atoms with Crippen LogP contribution in [0.4, 0.5) is 0 Å². The maximum atomic E-state index is 12.2. The molecule has 7 heteroatoms. The minimum Gasteiger partial charge on any atom is -0.493 e. The van der Waals surface area contributed by atoms with Crippen molar-refractivity contribution in [1.82, 2.24) is 20.4 Å². The van der Waals surface area contributed by atoms with Crippen LogP contribution in [-0.4, -0.2) is 69.4 Å². The summed E-state index contributed by atoms with van der Waals surface area (Å²) in [5.74, 6) is 1.44. The zero-order valence-electron chi connectivity index (χ0n) is 14.5. The molecule has 2 unspecified atom stereocenters. The van der Waals surface area contributed by atoms with Gasteiger partial charge in [-0.3, -0.25) is 15.0 Å². The third kappa shape index (κ3) is 3.63. The molecule has 2 aliphatic heterocycles. The van der Waals surface area contributed by atoms with E-state index < -0.39 is 0 Å². The molecule has 7 nitrogen and oxygen atoms in total. The first kappa shape index (κ1) is 17.0. The second-order valence-electron chi connectivity index (χ2n) is 6.35. The highest BCUT2D eigenvalue weighted by molar-refractivity contribution is 5.78. The quantitative estimate of drug-likeness (QED) is 0.830. The number of carbonyl (C=O) groups is 1. The molecule has 3 rings (SSSR count). The molecule has 0 spiro atoms. The van der Waals surface area contributed by atoms with Gasteiger partial charge in [-0.15, -0.1) is 0 Å². The summed E-state index contributed by atoms with van der Waals surface area (Å²) in [5.41, 5.74) is 1.03. The average Bonchev–Trinajstić information content (AvgIpc) is 2.61. The predicted molar refractivity (Wildman–Crippen MR) is 91.0 cm³/mol. The van der Waals surface area contributed by atoms with Crippen LogP contribution in [0.1, 0.15) is 18.0 Å². The number of benzene rings is 1. The fourth-order valence-corrected chi connectivity index (χ4v) is 3.25. The van der Waals surface area contributed by atoms with Crippen LogP contribution in [0.2, 0.25) is 0 Å². The number of hydrogen-bond acceptors (Lipinski definition) is 6. The van der Waals surface area contributed by atoms with Gasteiger partial charge in [0.25, 0.3) is 0 Å². The Labute approximate surface area is 142 Å². The van der Waals surface area contributed by atoms with Gasteiger partial charge >= 0.3 is 0 Å². The minimum atomic E-state index is -0.127. The monoisotopic (exact) mass is 334 g/mol. The van der Waals surface area contributed by atoms with Crippen LogP contribution in [0.25, 0.3) is 0 Å². The van der Waals surface area contributed by atoms with Crippen molar-refractivity contribution in [1.29, 1.82) is 0 Å². The summed E-state index contributed by atoms with van der Waals surface area (Å²) >= 11 is 0. The highest BCUT2D eigenvalue weighted by Gasteiger charge is 2.32. The lowest BCUT2D eigenvalue weighted by Gasteiger charge is -2.42. The number of piperazine rings is 1. The minimum absolute atomic E-state index is 0.0387. The van der Waals surface area contributed by atoms with E-state index in [1.54, 1.807) is 14.2 Å². The zero-order chi connectivity index (χ0) is 17.1. The van der Waals surface area contributed by atoms with Gasteiger partial charge in [0.15, 0.2) is 11.5 Å². The molecule has 2 aliphatic rings. The molecule has 0 saturated carbocycles. The lowest BCUT2D eigenvalue weighted by atomic mass is 10.0. The lowest BCUT2D eigenvalue weighted by molar-refractivity contribution is -0.127. The molecule has 0 bridgehead atoms. The van der Waals surface area contributed by atoms with Crippen LogP contribution in [-0.2, 0) is 4.79 Å². The molecule has 2 heterocycles. The molecule has 2 saturated heterocycles. The fraction of sp³-hybridized carbons (Fsp3) is 0.588. The number of ether oxygens (including phenoxy) is 2. The number of methoxy groups -OCH3 is 2. The van der Waals surface area contributed by atoms with Gasteiger partial charge in [-0.05, 0) is 24.7 Å². The van der Waals surface area contributed by atoms with Crippen molar-refractivity contribution in [2.45, 2.75) is 18.8 Å². The van der Waals surface area contributed by atoms with Crippen LogP contribution in [0, 0.1) is 0 Å². The second-order valence-corrected chi connectivity index (χ2v) is 6.35. The molecule has 2 atom stereocenters. The SMILES string of the molecule is COc1ccc(C2CC(=O)NC(N3CCN(C)CC3)N2)cc1OC. The van der Waals surface area contributed by atoms with Crippen molar-refractivity contribution in [3.8, 4) is 11.5 Å². The third-order valence-electron chi connectivity index (χ3n) is 4.76. The van der Waals surface area contributed by atoms with Crippen molar-refractivity contribution >= 4 is 5.91 Å². The molecule has 1 aromatic carbocycles. The summed E-state index contributed by atoms with van der Waals surface area (Å²) in [7, 11) is 5.36. The van der Waals surface area contributed by atoms with Gasteiger partial charge in [0, 0.05) is 38.6 Å². The van der Waals surface area contributed by atoms with Crippen molar-refractivity contribution in [3.05, 3.63) is 23.8 Å². The number of carbonyl (C=O) groups excluding carboxylic acids is 1. The smallest absolute Gasteiger partial charge is 0.224 e. The van der Waals surface area contributed by atoms with Gasteiger partial charge in [-0.25, -0.2) is 0 Å². The van der Waals surface area contributed by atoms with Crippen LogP contribution >= 0.6 is 0 Å². The summed E-state index contributed by atoms with van der Waals surface area (Å²) < 4.78 is 10.7. The molecule has 132 valence electrons. The average molecular weight is 334 g/mol. The molecule has 0 aromatic heterocycles. The molecular weight excluding hydrogens is 308 g/mol. The number of likely N-dealkylation sites (N-methyl/N-ethyl adjacent to an activating group) is 1. The van der Waals surface area contributed by atoms with Gasteiger partial charge in [-0.1, -0.05) is 6.07 Å². The molecule has 2 N–H and O–H groups in total. The predicted octanol–water partition coefficient (Wildman–Crippen LogP) is 0.385. The second kappa shape index (κ2) is 7.38. The Morgan fingerprint density at radius 3 is 2.46 bits per heavy atom. The Balaban J connectivity index is 1.74. The largest absolute Gasteiger partial charge is 0.493 e. The van der Waals surface area contributed by atoms with Crippen molar-refractivity contribution in [2.75, 3.05) is 47.4 Å². The maximum Gasteiger partial charge on any atom is 0.224 e. The maximum absolute atomic E-state index is 12.2. The van der Waals surface area contributed by atoms with Gasteiger partial charge in [0.1, 0.15) is 6.29 Å². The molecule has 0 radical (unpaired) electrons. The van der Waals surface area contributed by atoms with E-state index in [2.05, 4.69) is 27.5 Å². The highest BCUT2D eigenvalue weighted by Crippen LogP contribution is 2.31. The molecule has 1 amide bonds. The van der Waals surface area contributed by atoms with Crippen LogP contribution in [0.3, 0.4) is 0 Å². The Bertz CT molecular complexity index is 587. The van der Waals surface area contributed by atoms with Gasteiger partial charge in [-0.2, -0.15) is 0 Å². The molecular formula is C17H26N4O3. The summed E-state index contributed by atoms with van der Waals surface area (Å²) in [6, 6.07) is 5.77. The topological polar surface area (TPSA) is 66.1 Å². The van der Waals surface area contributed by atoms with Crippen LogP contribution < -0.4 is 20.1 Å². The summed E-state index contributed by atoms with van der Waals surface area (Å²) in [5, 5.41) is 6.61. The Morgan fingerprint density at radius 1 is 1.08 bits per heavy atom. The highest BCUT2D eigenvalue weighted by atomic mass is 16.5. The van der Waals surface area contributed by atoms with E-state index in [0.29, 0.717) is 17.9 Å². The van der Waals surface area contributed by atoms with E-state index in [1.807, 2.05) is 18.2 Å². The number of hydrogen-bond donors (Lipinski definition) is 2. The first-order valence-corrected chi connectivity index (χ1v) is 8.30. The normalized spacial score (nSPS) is 26.0. The number of nitrogens with one attached hydrogen (secondary N) is 2. The standard InChI is InChI=1S/C17H26N4O3/c1-20-6-8-21(9-7-20)17-18-13(11-16(22)19-17)12-4-5-14(23-2)15(10-12)24-3/h4-5,10,13,17-18H,6-9,11H2,1-3H3,(H,19,22). The molecule has 2 fully saturated rings. The first-order chi connectivity index (χ1) is 11.6. The number of rotatable bonds is 4. The molecule has 24 heavy (non-hydrogen) atoms. The molecule has 0 aliphatic carbocycles. The van der Waals surface area contributed by atoms with E-state index in [9.17, 15) is 4.79 Å². The Morgan fingerprint density at radius 2 is 1.79 bits per heavy atom. The van der Waals surface area contributed by atoms with Crippen molar-refractivity contribution in [3.63, 3.8) is 0 Å². The van der Waals surface area contributed by atoms with E-state index >= 15 is 0 Å². The van der Waals surface area contributed by atoms with Gasteiger partial charge in [0.05, 0.1) is 14.2 Å². The van der Waals surface area contributed by atoms with E-state index in [0.717, 1.165) is 31.7 Å². The number of nitrogens with zero attached hydrogens (tertiary/aromatic N) is 2. The third-order valence-corrected chi connectivity index (χ3v) is 4.76. The van der Waals surface area contributed by atoms with E-state index in [-0.39, 0.29) is 18.2 Å². The molecule has 1 aromatic rings. The lowest BCUT2D eigenvalue weighted by Crippen LogP contribution is -2.64. The van der Waals surface area contributed by atoms with Crippen molar-refractivity contribution < 1.29 is 14.3 Å². The zero-order valence-corrected chi connectivity index (χ0v) is 14.5. The first-order valence-electron chi connectivity index (χ1n) is 8.30. The Hall–Kier alpha value is -1.83. The summed E-state index contributed by atoms with van der Waals surface area (Å²) in [4.78, 5) is 16.8. The van der Waals surface area contributed by atoms with Gasteiger partial charge in [0.2, 0.25) is 5.91 Å². The number of amides is 1. The van der Waals surface area contributed by atoms with E-state index in [4.69, 9.17) is 9.47 Å². The van der Waals surface area contributed by atoms with Crippen LogP contribution in [0.15, 0.2) is 18.2 Å². The summed E-state index contributed by atoms with van der Waals surface area (Å²) in [6.45, 7) is 3.89. The van der Waals surface area contributed by atoms with Crippen molar-refractivity contribution in [2.24, 2.45) is 0 Å². The van der Waals surface area contributed by atoms with Crippen LogP contribution in [0.5, 0.6) is 11.5 Å². The Kier molecular flexibility index (Phi) is 5.23. The van der Waals surface area contributed by atoms with E-state index in [1.165, 1.54) is 0 Å². The van der Waals surface area contributed by atoms with Gasteiger partial charge < -0.3 is 19.7 Å². The fourth-order valence-electron chi connectivity index (χ4n) is 3.25.